The minimum absolute atomic E-state index is 0.483. The van der Waals surface area contributed by atoms with Gasteiger partial charge < -0.3 is 0 Å². The molecule has 0 spiro atoms. The van der Waals surface area contributed by atoms with Crippen LogP contribution in [0.2, 0.25) is 5.02 Å². The van der Waals surface area contributed by atoms with Gasteiger partial charge in [0, 0.05) is 10.7 Å². The number of rotatable bonds is 1. The zero-order chi connectivity index (χ0) is 13.4. The van der Waals surface area contributed by atoms with E-state index >= 15 is 0 Å². The average Bonchev–Trinajstić information content (AvgIpc) is 2.13. The molecule has 0 aromatic heterocycles. The first-order valence-corrected chi connectivity index (χ1v) is 6.52. The lowest BCUT2D eigenvalue weighted by atomic mass is 10.1. The van der Waals surface area contributed by atoms with Crippen molar-refractivity contribution in [1.82, 2.24) is 0 Å². The Hall–Kier alpha value is -0.970. The van der Waals surface area contributed by atoms with E-state index in [4.69, 9.17) is 27.5 Å². The first-order valence-electron chi connectivity index (χ1n) is 3.83. The summed E-state index contributed by atoms with van der Waals surface area (Å²) in [5, 5.41) is 7.53. The van der Waals surface area contributed by atoms with Crippen molar-refractivity contribution in [3.05, 3.63) is 28.3 Å². The molecule has 3 nitrogen and oxygen atoms in total. The van der Waals surface area contributed by atoms with Gasteiger partial charge in [0.25, 0.3) is 9.05 Å². The number of halogens is 5. The molecule has 9 heteroatoms. The highest BCUT2D eigenvalue weighted by atomic mass is 35.7. The van der Waals surface area contributed by atoms with E-state index < -0.39 is 36.3 Å². The van der Waals surface area contributed by atoms with Crippen molar-refractivity contribution in [3.8, 4) is 6.07 Å². The Morgan fingerprint density at radius 3 is 2.18 bits per heavy atom. The molecule has 0 fully saturated rings. The Morgan fingerprint density at radius 1 is 1.29 bits per heavy atom. The van der Waals surface area contributed by atoms with Gasteiger partial charge in [-0.2, -0.15) is 18.4 Å². The number of benzene rings is 1. The maximum absolute atomic E-state index is 12.6. The van der Waals surface area contributed by atoms with Gasteiger partial charge in [0.1, 0.15) is 6.07 Å². The lowest BCUT2D eigenvalue weighted by molar-refractivity contribution is -0.139. The normalized spacial score (nSPS) is 12.2. The second kappa shape index (κ2) is 4.37. The molecule has 0 aliphatic rings. The van der Waals surface area contributed by atoms with Gasteiger partial charge in [0.15, 0.2) is 0 Å². The van der Waals surface area contributed by atoms with E-state index in [-0.39, 0.29) is 0 Å². The van der Waals surface area contributed by atoms with Crippen LogP contribution >= 0.6 is 22.3 Å². The van der Waals surface area contributed by atoms with E-state index in [1.54, 1.807) is 0 Å². The molecular weight excluding hydrogens is 302 g/mol. The fourth-order valence-corrected chi connectivity index (χ4v) is 2.56. The fraction of sp³-hybridized carbons (Fsp3) is 0.125. The van der Waals surface area contributed by atoms with Gasteiger partial charge in [-0.15, -0.1) is 0 Å². The summed E-state index contributed by atoms with van der Waals surface area (Å²) in [5.74, 6) is 0. The quantitative estimate of drug-likeness (QED) is 0.749. The lowest BCUT2D eigenvalue weighted by Crippen LogP contribution is -2.12. The topological polar surface area (TPSA) is 57.9 Å². The van der Waals surface area contributed by atoms with E-state index in [1.807, 2.05) is 0 Å². The highest BCUT2D eigenvalue weighted by Crippen LogP contribution is 2.41. The summed E-state index contributed by atoms with van der Waals surface area (Å²) in [4.78, 5) is -1.17. The summed E-state index contributed by atoms with van der Waals surface area (Å²) in [6.45, 7) is 0. The van der Waals surface area contributed by atoms with Crippen LogP contribution in [0.1, 0.15) is 11.1 Å². The molecule has 1 aromatic carbocycles. The third kappa shape index (κ3) is 2.83. The standard InChI is InChI=1S/C8H2Cl2F3NO2S/c9-7-4(3-14)1-2-5(17(10,15)16)6(7)8(11,12)13/h1-2H. The van der Waals surface area contributed by atoms with Crippen LogP contribution in [0.15, 0.2) is 17.0 Å². The van der Waals surface area contributed by atoms with Crippen LogP contribution in [-0.2, 0) is 15.2 Å². The molecule has 1 rings (SSSR count). The molecule has 1 aromatic rings. The van der Waals surface area contributed by atoms with Crippen molar-refractivity contribution in [2.45, 2.75) is 11.1 Å². The molecule has 0 heterocycles. The highest BCUT2D eigenvalue weighted by Gasteiger charge is 2.40. The molecule has 0 atom stereocenters. The molecule has 92 valence electrons. The summed E-state index contributed by atoms with van der Waals surface area (Å²) < 4.78 is 59.9. The van der Waals surface area contributed by atoms with Gasteiger partial charge in [0.2, 0.25) is 0 Å². The highest BCUT2D eigenvalue weighted by molar-refractivity contribution is 8.13. The van der Waals surface area contributed by atoms with Gasteiger partial charge in [-0.05, 0) is 12.1 Å². The van der Waals surface area contributed by atoms with Crippen molar-refractivity contribution in [2.75, 3.05) is 0 Å². The molecule has 0 aliphatic carbocycles. The van der Waals surface area contributed by atoms with Crippen LogP contribution in [0.25, 0.3) is 0 Å². The van der Waals surface area contributed by atoms with Gasteiger partial charge in [-0.3, -0.25) is 0 Å². The van der Waals surface area contributed by atoms with E-state index in [1.165, 1.54) is 6.07 Å². The van der Waals surface area contributed by atoms with Crippen molar-refractivity contribution in [2.24, 2.45) is 0 Å². The predicted octanol–water partition coefficient (Wildman–Crippen LogP) is 3.16. The molecule has 0 saturated heterocycles. The summed E-state index contributed by atoms with van der Waals surface area (Å²) in [7, 11) is 0.262. The zero-order valence-electron chi connectivity index (χ0n) is 7.72. The maximum Gasteiger partial charge on any atom is 0.419 e. The smallest absolute Gasteiger partial charge is 0.207 e. The Balaban J connectivity index is 3.80. The number of hydrogen-bond acceptors (Lipinski definition) is 3. The number of hydrogen-bond donors (Lipinski definition) is 0. The van der Waals surface area contributed by atoms with Gasteiger partial charge in [-0.25, -0.2) is 8.42 Å². The van der Waals surface area contributed by atoms with Crippen molar-refractivity contribution >= 4 is 31.3 Å². The Kier molecular flexibility index (Phi) is 3.62. The van der Waals surface area contributed by atoms with Gasteiger partial charge in [-0.1, -0.05) is 11.6 Å². The molecule has 17 heavy (non-hydrogen) atoms. The summed E-state index contributed by atoms with van der Waals surface area (Å²) >= 11 is 5.34. The Labute approximate surface area is 104 Å². The third-order valence-corrected chi connectivity index (χ3v) is 3.53. The average molecular weight is 304 g/mol. The van der Waals surface area contributed by atoms with Crippen molar-refractivity contribution in [3.63, 3.8) is 0 Å². The Bertz CT molecular complexity index is 604. The van der Waals surface area contributed by atoms with E-state index in [9.17, 15) is 21.6 Å². The van der Waals surface area contributed by atoms with Gasteiger partial charge >= 0.3 is 6.18 Å². The van der Waals surface area contributed by atoms with Crippen LogP contribution < -0.4 is 0 Å². The predicted molar refractivity (Wildman–Crippen MR) is 54.2 cm³/mol. The first-order chi connectivity index (χ1) is 7.59. The molecule has 0 bridgehead atoms. The van der Waals surface area contributed by atoms with Crippen LogP contribution in [-0.4, -0.2) is 8.42 Å². The van der Waals surface area contributed by atoms with Crippen molar-refractivity contribution in [1.29, 1.82) is 5.26 Å². The minimum atomic E-state index is -5.03. The number of nitriles is 1. The fourth-order valence-electron chi connectivity index (χ4n) is 1.11. The maximum atomic E-state index is 12.6. The Morgan fingerprint density at radius 2 is 1.82 bits per heavy atom. The SMILES string of the molecule is N#Cc1ccc(S(=O)(=O)Cl)c(C(F)(F)F)c1Cl. The van der Waals surface area contributed by atoms with E-state index in [2.05, 4.69) is 0 Å². The second-order valence-electron chi connectivity index (χ2n) is 2.85. The minimum Gasteiger partial charge on any atom is -0.207 e. The van der Waals surface area contributed by atoms with Crippen LogP contribution in [0.4, 0.5) is 13.2 Å². The van der Waals surface area contributed by atoms with Gasteiger partial charge in [0.05, 0.1) is 21.0 Å². The summed E-state index contributed by atoms with van der Waals surface area (Å²) in [5.41, 5.74) is -2.11. The molecule has 0 N–H and O–H groups in total. The number of nitrogens with zero attached hydrogens (tertiary/aromatic N) is 1. The first kappa shape index (κ1) is 14.1. The monoisotopic (exact) mass is 303 g/mol. The number of alkyl halides is 3. The largest absolute Gasteiger partial charge is 0.419 e. The zero-order valence-corrected chi connectivity index (χ0v) is 10.0. The van der Waals surface area contributed by atoms with Crippen LogP contribution in [0.3, 0.4) is 0 Å². The summed E-state index contributed by atoms with van der Waals surface area (Å²) in [6, 6.07) is 2.86. The van der Waals surface area contributed by atoms with Crippen LogP contribution in [0.5, 0.6) is 0 Å². The molecule has 0 radical (unpaired) electrons. The molecule has 0 unspecified atom stereocenters. The second-order valence-corrected chi connectivity index (χ2v) is 5.76. The molecule has 0 saturated carbocycles. The van der Waals surface area contributed by atoms with Crippen molar-refractivity contribution < 1.29 is 21.6 Å². The van der Waals surface area contributed by atoms with E-state index in [0.29, 0.717) is 6.07 Å². The molecule has 0 aliphatic heterocycles. The summed E-state index contributed by atoms with van der Waals surface area (Å²) in [6.07, 6.45) is -5.03. The third-order valence-electron chi connectivity index (χ3n) is 1.77. The molecular formula is C8H2Cl2F3NO2S. The molecule has 0 amide bonds. The van der Waals surface area contributed by atoms with Crippen LogP contribution in [0, 0.1) is 11.3 Å². The van der Waals surface area contributed by atoms with E-state index in [0.717, 1.165) is 6.07 Å². The lowest BCUT2D eigenvalue weighted by Gasteiger charge is -2.13.